The first-order valence-electron chi connectivity index (χ1n) is 19.7. The van der Waals surface area contributed by atoms with E-state index in [1.165, 1.54) is 76.7 Å². The van der Waals surface area contributed by atoms with Crippen LogP contribution in [0.3, 0.4) is 0 Å². The summed E-state index contributed by atoms with van der Waals surface area (Å²) in [6.45, 7) is 2.13. The summed E-state index contributed by atoms with van der Waals surface area (Å²) in [6.07, 6.45) is 0. The predicted molar refractivity (Wildman–Crippen MR) is 243 cm³/mol. The molecule has 0 radical (unpaired) electrons. The molecule has 9 aromatic carbocycles. The average molecular weight is 727 g/mol. The Morgan fingerprint density at radius 3 is 2.02 bits per heavy atom. The van der Waals surface area contributed by atoms with Crippen LogP contribution in [0.4, 0.5) is 11.4 Å². The molecule has 1 N–H and O–H groups in total. The Balaban J connectivity index is 1.23. The van der Waals surface area contributed by atoms with Gasteiger partial charge in [0.25, 0.3) is 0 Å². The number of rotatable bonds is 5. The van der Waals surface area contributed by atoms with E-state index >= 15 is 0 Å². The molecule has 0 spiro atoms. The molecule has 1 aliphatic rings. The highest BCUT2D eigenvalue weighted by molar-refractivity contribution is 6.74. The van der Waals surface area contributed by atoms with Crippen LogP contribution in [0.15, 0.2) is 186 Å². The van der Waals surface area contributed by atoms with Crippen molar-refractivity contribution < 1.29 is 4.42 Å². The van der Waals surface area contributed by atoms with E-state index < -0.39 is 0 Å². The van der Waals surface area contributed by atoms with Gasteiger partial charge in [0.05, 0.1) is 5.52 Å². The van der Waals surface area contributed by atoms with Gasteiger partial charge in [-0.05, 0) is 70.0 Å². The molecule has 3 nitrogen and oxygen atoms in total. The van der Waals surface area contributed by atoms with E-state index in [1.54, 1.807) is 0 Å². The lowest BCUT2D eigenvalue weighted by molar-refractivity contribution is 0.632. The van der Waals surface area contributed by atoms with Gasteiger partial charge in [0.15, 0.2) is 7.28 Å². The van der Waals surface area contributed by atoms with Gasteiger partial charge in [-0.25, -0.2) is 0 Å². The fraction of sp³-hybridized carbons (Fsp3) is 0.0189. The van der Waals surface area contributed by atoms with Gasteiger partial charge in [0.1, 0.15) is 11.3 Å². The molecule has 0 fully saturated rings. The second-order valence-electron chi connectivity index (χ2n) is 15.4. The number of benzene rings is 9. The van der Waals surface area contributed by atoms with Crippen molar-refractivity contribution >= 4 is 83.9 Å². The highest BCUT2D eigenvalue weighted by Crippen LogP contribution is 2.47. The summed E-state index contributed by atoms with van der Waals surface area (Å²) < 4.78 is 9.56. The predicted octanol–water partition coefficient (Wildman–Crippen LogP) is 12.6. The molecule has 0 amide bonds. The smallest absolute Gasteiger partial charge is 0.198 e. The van der Waals surface area contributed by atoms with E-state index in [0.717, 1.165) is 52.1 Å². The third-order valence-corrected chi connectivity index (χ3v) is 12.0. The second-order valence-corrected chi connectivity index (χ2v) is 15.4. The zero-order valence-corrected chi connectivity index (χ0v) is 31.4. The quantitative estimate of drug-likeness (QED) is 0.179. The molecule has 266 valence electrons. The number of hydrogen-bond acceptors (Lipinski definition) is 2. The van der Waals surface area contributed by atoms with E-state index in [-0.39, 0.29) is 0 Å². The van der Waals surface area contributed by atoms with Crippen LogP contribution in [0.2, 0.25) is 0 Å². The number of furan rings is 1. The summed E-state index contributed by atoms with van der Waals surface area (Å²) in [6, 6.07) is 65.9. The van der Waals surface area contributed by atoms with Crippen LogP contribution in [-0.2, 0) is 0 Å². The number of anilines is 2. The Morgan fingerprint density at radius 2 is 1.21 bits per heavy atom. The number of aromatic nitrogens is 1. The molecule has 0 unspecified atom stereocenters. The summed E-state index contributed by atoms with van der Waals surface area (Å²) in [7, 11) is 0.761. The maximum atomic E-state index is 6.97. The van der Waals surface area contributed by atoms with Crippen LogP contribution in [0.1, 0.15) is 5.56 Å². The zero-order chi connectivity index (χ0) is 37.6. The van der Waals surface area contributed by atoms with Gasteiger partial charge in [0, 0.05) is 60.8 Å². The minimum Gasteiger partial charge on any atom is -0.455 e. The van der Waals surface area contributed by atoms with Gasteiger partial charge in [-0.1, -0.05) is 163 Å². The Morgan fingerprint density at radius 1 is 0.526 bits per heavy atom. The molecule has 1 aliphatic heterocycles. The van der Waals surface area contributed by atoms with Gasteiger partial charge in [-0.15, -0.1) is 0 Å². The van der Waals surface area contributed by atoms with Crippen molar-refractivity contribution in [3.63, 3.8) is 0 Å². The first-order chi connectivity index (χ1) is 28.2. The Bertz CT molecular complexity index is 3400. The van der Waals surface area contributed by atoms with Crippen LogP contribution in [0, 0.1) is 6.92 Å². The molecule has 0 saturated heterocycles. The first-order valence-corrected chi connectivity index (χ1v) is 19.7. The third kappa shape index (κ3) is 4.80. The number of nitrogens with one attached hydrogen (secondary N) is 1. The molecule has 0 bridgehead atoms. The monoisotopic (exact) mass is 726 g/mol. The molecule has 0 atom stereocenters. The lowest BCUT2D eigenvalue weighted by Crippen LogP contribution is -2.37. The van der Waals surface area contributed by atoms with Crippen LogP contribution < -0.4 is 16.2 Å². The Kier molecular flexibility index (Phi) is 6.94. The first kappa shape index (κ1) is 32.0. The van der Waals surface area contributed by atoms with Crippen LogP contribution in [0.5, 0.6) is 0 Å². The normalized spacial score (nSPS) is 12.1. The van der Waals surface area contributed by atoms with Gasteiger partial charge < -0.3 is 14.3 Å². The molecule has 0 saturated carbocycles. The van der Waals surface area contributed by atoms with Crippen molar-refractivity contribution in [2.75, 3.05) is 5.32 Å². The minimum atomic E-state index is 0.761. The maximum Gasteiger partial charge on any atom is 0.198 e. The summed E-state index contributed by atoms with van der Waals surface area (Å²) in [4.78, 5) is 0. The van der Waals surface area contributed by atoms with Crippen molar-refractivity contribution in [1.82, 2.24) is 4.57 Å². The number of para-hydroxylation sites is 1. The second kappa shape index (κ2) is 12.4. The topological polar surface area (TPSA) is 30.1 Å². The molecule has 3 heterocycles. The maximum absolute atomic E-state index is 6.97. The van der Waals surface area contributed by atoms with E-state index in [1.807, 2.05) is 0 Å². The van der Waals surface area contributed by atoms with Crippen LogP contribution in [-0.4, -0.2) is 11.8 Å². The van der Waals surface area contributed by atoms with Gasteiger partial charge in [0.2, 0.25) is 0 Å². The summed E-state index contributed by atoms with van der Waals surface area (Å²) in [5.41, 5.74) is 16.4. The molecule has 4 heteroatoms. The van der Waals surface area contributed by atoms with E-state index in [2.05, 4.69) is 199 Å². The number of nitrogens with zero attached hydrogens (tertiary/aromatic N) is 1. The van der Waals surface area contributed by atoms with E-state index in [4.69, 9.17) is 4.42 Å². The van der Waals surface area contributed by atoms with E-state index in [9.17, 15) is 0 Å². The SMILES string of the molecule is Cc1ccc(Nc2ccccc2-c2c3c4c(c5ccccc25)c2ccc5ccccc5c2n4-c2cc4c(-c5ccccc5)c(-c5ccccc5)oc4cc2B3)cc1. The minimum absolute atomic E-state index is 0.761. The molecule has 0 aliphatic carbocycles. The van der Waals surface area contributed by atoms with Crippen molar-refractivity contribution in [1.29, 1.82) is 0 Å². The summed E-state index contributed by atoms with van der Waals surface area (Å²) in [5.74, 6) is 0.896. The highest BCUT2D eigenvalue weighted by atomic mass is 16.3. The molecular formula is C53H35BN2O. The van der Waals surface area contributed by atoms with E-state index in [0.29, 0.717) is 0 Å². The zero-order valence-electron chi connectivity index (χ0n) is 31.4. The highest BCUT2D eigenvalue weighted by Gasteiger charge is 2.31. The lowest BCUT2D eigenvalue weighted by Gasteiger charge is -2.25. The fourth-order valence-electron chi connectivity index (χ4n) is 9.53. The fourth-order valence-corrected chi connectivity index (χ4v) is 9.53. The summed E-state index contributed by atoms with van der Waals surface area (Å²) >= 11 is 0. The lowest BCUT2D eigenvalue weighted by atomic mass is 9.58. The van der Waals surface area contributed by atoms with Gasteiger partial charge >= 0.3 is 0 Å². The van der Waals surface area contributed by atoms with Gasteiger partial charge in [-0.2, -0.15) is 0 Å². The molecule has 11 aromatic rings. The summed E-state index contributed by atoms with van der Waals surface area (Å²) in [5, 5.41) is 12.5. The Hall–Kier alpha value is -7.30. The number of hydrogen-bond donors (Lipinski definition) is 1. The largest absolute Gasteiger partial charge is 0.455 e. The number of aryl methyl sites for hydroxylation is 1. The van der Waals surface area contributed by atoms with Crippen molar-refractivity contribution in [3.05, 3.63) is 188 Å². The third-order valence-electron chi connectivity index (χ3n) is 12.0. The van der Waals surface area contributed by atoms with Crippen LogP contribution >= 0.6 is 0 Å². The van der Waals surface area contributed by atoms with Crippen molar-refractivity contribution in [2.24, 2.45) is 0 Å². The standard InChI is InChI=1S/C53H35BN2O/c1-32-24-27-36(28-25-32)55-44-23-13-12-22-40(44)48-38-20-10-11-21-39(38)49-41-29-26-33-14-8-9-19-37(33)51(41)56-45-30-42-46(31-43(45)54-50(48)52(49)56)57-53(35-17-6-3-7-18-35)47(42)34-15-4-2-5-16-34/h2-31,54-55H,1H3. The number of fused-ring (bicyclic) bond motifs is 10. The van der Waals surface area contributed by atoms with Crippen molar-refractivity contribution in [2.45, 2.75) is 6.92 Å². The molecular weight excluding hydrogens is 691 g/mol. The average Bonchev–Trinajstić information content (AvgIpc) is 3.82. The Labute approximate surface area is 330 Å². The van der Waals surface area contributed by atoms with Crippen LogP contribution in [0.25, 0.3) is 93.6 Å². The molecule has 57 heavy (non-hydrogen) atoms. The van der Waals surface area contributed by atoms with Gasteiger partial charge in [-0.3, -0.25) is 0 Å². The van der Waals surface area contributed by atoms with Crippen molar-refractivity contribution in [3.8, 4) is 39.3 Å². The molecule has 12 rings (SSSR count). The molecule has 2 aromatic heterocycles.